The Morgan fingerprint density at radius 1 is 1.12 bits per heavy atom. The molecule has 2 amide bonds. The van der Waals surface area contributed by atoms with Gasteiger partial charge in [-0.15, -0.1) is 0 Å². The molecule has 3 rings (SSSR count). The largest absolute Gasteiger partial charge is 0.327 e. The molecule has 2 aromatic carbocycles. The second-order valence-corrected chi connectivity index (χ2v) is 5.82. The predicted octanol–water partition coefficient (Wildman–Crippen LogP) is 4.50. The summed E-state index contributed by atoms with van der Waals surface area (Å²) >= 11 is 5.89. The van der Waals surface area contributed by atoms with Crippen LogP contribution in [-0.4, -0.2) is 22.9 Å². The average molecular weight is 341 g/mol. The molecule has 6 heteroatoms. The molecule has 0 bridgehead atoms. The van der Waals surface area contributed by atoms with Crippen molar-refractivity contribution < 1.29 is 4.79 Å². The summed E-state index contributed by atoms with van der Waals surface area (Å²) in [6.07, 6.45) is 0. The second kappa shape index (κ2) is 6.76. The highest BCUT2D eigenvalue weighted by molar-refractivity contribution is 6.30. The second-order valence-electron chi connectivity index (χ2n) is 5.38. The Morgan fingerprint density at radius 3 is 2.46 bits per heavy atom. The third-order valence-electron chi connectivity index (χ3n) is 3.59. The van der Waals surface area contributed by atoms with Crippen molar-refractivity contribution >= 4 is 29.1 Å². The van der Waals surface area contributed by atoms with E-state index in [1.54, 1.807) is 36.0 Å². The number of rotatable bonds is 3. The van der Waals surface area contributed by atoms with Gasteiger partial charge in [0.1, 0.15) is 5.82 Å². The number of aryl methyl sites for hydroxylation is 1. The van der Waals surface area contributed by atoms with Crippen molar-refractivity contribution in [2.75, 3.05) is 17.3 Å². The summed E-state index contributed by atoms with van der Waals surface area (Å²) < 4.78 is 1.71. The number of hydrogen-bond donors (Lipinski definition) is 1. The van der Waals surface area contributed by atoms with Crippen molar-refractivity contribution in [1.29, 1.82) is 0 Å². The van der Waals surface area contributed by atoms with Gasteiger partial charge in [0, 0.05) is 23.8 Å². The van der Waals surface area contributed by atoms with Crippen molar-refractivity contribution in [1.82, 2.24) is 9.78 Å². The zero-order valence-electron chi connectivity index (χ0n) is 13.4. The van der Waals surface area contributed by atoms with Gasteiger partial charge >= 0.3 is 6.03 Å². The van der Waals surface area contributed by atoms with E-state index in [0.29, 0.717) is 10.8 Å². The monoisotopic (exact) mass is 340 g/mol. The summed E-state index contributed by atoms with van der Waals surface area (Å²) in [4.78, 5) is 14.1. The number of urea groups is 1. The number of carbonyl (C=O) groups excluding carboxylic acids is 1. The highest BCUT2D eigenvalue weighted by Gasteiger charge is 2.15. The molecule has 0 aliphatic heterocycles. The van der Waals surface area contributed by atoms with E-state index in [4.69, 9.17) is 11.6 Å². The summed E-state index contributed by atoms with van der Waals surface area (Å²) in [7, 11) is 1.70. The predicted molar refractivity (Wildman–Crippen MR) is 97.2 cm³/mol. The van der Waals surface area contributed by atoms with Crippen molar-refractivity contribution in [2.24, 2.45) is 0 Å². The minimum Gasteiger partial charge on any atom is -0.297 e. The van der Waals surface area contributed by atoms with Crippen LogP contribution in [0, 0.1) is 6.92 Å². The van der Waals surface area contributed by atoms with Crippen molar-refractivity contribution in [2.45, 2.75) is 6.92 Å². The Hall–Kier alpha value is -2.79. The molecule has 1 heterocycles. The first-order chi connectivity index (χ1) is 11.5. The minimum atomic E-state index is -0.255. The topological polar surface area (TPSA) is 50.2 Å². The number of anilines is 2. The van der Waals surface area contributed by atoms with Crippen LogP contribution in [0.25, 0.3) is 5.69 Å². The van der Waals surface area contributed by atoms with Gasteiger partial charge in [0.15, 0.2) is 0 Å². The van der Waals surface area contributed by atoms with Crippen LogP contribution < -0.4 is 10.2 Å². The Labute approximate surface area is 145 Å². The molecule has 5 nitrogen and oxygen atoms in total. The van der Waals surface area contributed by atoms with E-state index >= 15 is 0 Å². The van der Waals surface area contributed by atoms with Gasteiger partial charge in [-0.1, -0.05) is 29.8 Å². The molecule has 1 N–H and O–H groups in total. The SMILES string of the molecule is Cc1cc(NC(=O)N(C)c2ccc(Cl)cc2)n(-c2ccccc2)n1. The maximum Gasteiger partial charge on any atom is 0.327 e. The molecule has 0 spiro atoms. The molecular formula is C18H17ClN4O. The fourth-order valence-corrected chi connectivity index (χ4v) is 2.46. The molecule has 1 aromatic heterocycles. The van der Waals surface area contributed by atoms with Crippen LogP contribution in [0.4, 0.5) is 16.3 Å². The van der Waals surface area contributed by atoms with Gasteiger partial charge in [0.05, 0.1) is 11.4 Å². The van der Waals surface area contributed by atoms with Gasteiger partial charge in [0.25, 0.3) is 0 Å². The summed E-state index contributed by atoms with van der Waals surface area (Å²) in [6.45, 7) is 1.89. The molecule has 0 saturated carbocycles. The van der Waals surface area contributed by atoms with E-state index in [0.717, 1.165) is 17.1 Å². The Bertz CT molecular complexity index is 843. The molecule has 3 aromatic rings. The molecule has 0 saturated heterocycles. The van der Waals surface area contributed by atoms with E-state index in [-0.39, 0.29) is 6.03 Å². The first-order valence-corrected chi connectivity index (χ1v) is 7.85. The standard InChI is InChI=1S/C18H17ClN4O/c1-13-12-17(23(21-13)16-6-4-3-5-7-16)20-18(24)22(2)15-10-8-14(19)9-11-15/h3-12H,1-2H3,(H,20,24). The zero-order valence-corrected chi connectivity index (χ0v) is 14.2. The quantitative estimate of drug-likeness (QED) is 0.763. The van der Waals surface area contributed by atoms with Gasteiger partial charge in [-0.05, 0) is 43.3 Å². The molecule has 0 radical (unpaired) electrons. The molecule has 24 heavy (non-hydrogen) atoms. The number of hydrogen-bond acceptors (Lipinski definition) is 2. The van der Waals surface area contributed by atoms with E-state index in [1.165, 1.54) is 4.90 Å². The van der Waals surface area contributed by atoms with Crippen LogP contribution >= 0.6 is 11.6 Å². The number of para-hydroxylation sites is 1. The van der Waals surface area contributed by atoms with Crippen molar-refractivity contribution in [3.8, 4) is 5.69 Å². The van der Waals surface area contributed by atoms with Gasteiger partial charge in [-0.3, -0.25) is 10.2 Å². The lowest BCUT2D eigenvalue weighted by molar-refractivity contribution is 0.258. The third kappa shape index (κ3) is 3.41. The molecule has 0 fully saturated rings. The van der Waals surface area contributed by atoms with Crippen LogP contribution in [0.15, 0.2) is 60.7 Å². The zero-order chi connectivity index (χ0) is 17.1. The molecule has 0 atom stereocenters. The van der Waals surface area contributed by atoms with E-state index in [9.17, 15) is 4.79 Å². The summed E-state index contributed by atoms with van der Waals surface area (Å²) in [5, 5.41) is 7.97. The minimum absolute atomic E-state index is 0.255. The molecule has 0 aliphatic carbocycles. The maximum atomic E-state index is 12.5. The van der Waals surface area contributed by atoms with E-state index < -0.39 is 0 Å². The van der Waals surface area contributed by atoms with Crippen LogP contribution in [-0.2, 0) is 0 Å². The highest BCUT2D eigenvalue weighted by Crippen LogP contribution is 2.20. The first kappa shape index (κ1) is 16.1. The van der Waals surface area contributed by atoms with Crippen LogP contribution in [0.1, 0.15) is 5.69 Å². The Morgan fingerprint density at radius 2 is 1.79 bits per heavy atom. The van der Waals surface area contributed by atoms with Crippen molar-refractivity contribution in [3.05, 3.63) is 71.4 Å². The van der Waals surface area contributed by atoms with Crippen LogP contribution in [0.5, 0.6) is 0 Å². The van der Waals surface area contributed by atoms with Gasteiger partial charge < -0.3 is 0 Å². The van der Waals surface area contributed by atoms with Gasteiger partial charge in [-0.25, -0.2) is 9.48 Å². The first-order valence-electron chi connectivity index (χ1n) is 7.47. The number of nitrogens with zero attached hydrogens (tertiary/aromatic N) is 3. The van der Waals surface area contributed by atoms with Crippen molar-refractivity contribution in [3.63, 3.8) is 0 Å². The summed E-state index contributed by atoms with van der Waals surface area (Å²) in [5.41, 5.74) is 2.46. The smallest absolute Gasteiger partial charge is 0.297 e. The number of nitrogens with one attached hydrogen (secondary N) is 1. The lowest BCUT2D eigenvalue weighted by atomic mass is 10.3. The number of benzene rings is 2. The Balaban J connectivity index is 1.83. The Kier molecular flexibility index (Phi) is 4.53. The number of carbonyl (C=O) groups is 1. The normalized spacial score (nSPS) is 10.5. The molecule has 0 unspecified atom stereocenters. The molecular weight excluding hydrogens is 324 g/mol. The maximum absolute atomic E-state index is 12.5. The van der Waals surface area contributed by atoms with Gasteiger partial charge in [-0.2, -0.15) is 5.10 Å². The summed E-state index contributed by atoms with van der Waals surface area (Å²) in [6, 6.07) is 18.3. The van der Waals surface area contributed by atoms with Crippen LogP contribution in [0.3, 0.4) is 0 Å². The lowest BCUT2D eigenvalue weighted by Crippen LogP contribution is -2.31. The molecule has 122 valence electrons. The summed E-state index contributed by atoms with van der Waals surface area (Å²) in [5.74, 6) is 0.615. The lowest BCUT2D eigenvalue weighted by Gasteiger charge is -2.18. The van der Waals surface area contributed by atoms with Crippen LogP contribution in [0.2, 0.25) is 5.02 Å². The number of halogens is 1. The average Bonchev–Trinajstić information content (AvgIpc) is 2.96. The fourth-order valence-electron chi connectivity index (χ4n) is 2.33. The highest BCUT2D eigenvalue weighted by atomic mass is 35.5. The van der Waals surface area contributed by atoms with E-state index in [2.05, 4.69) is 10.4 Å². The third-order valence-corrected chi connectivity index (χ3v) is 3.84. The van der Waals surface area contributed by atoms with E-state index in [1.807, 2.05) is 43.3 Å². The number of aromatic nitrogens is 2. The van der Waals surface area contributed by atoms with Gasteiger partial charge in [0.2, 0.25) is 0 Å². The molecule has 0 aliphatic rings. The number of amides is 2. The fraction of sp³-hybridized carbons (Fsp3) is 0.111.